The lowest BCUT2D eigenvalue weighted by Crippen LogP contribution is -2.37. The van der Waals surface area contributed by atoms with Crippen LogP contribution in [0.3, 0.4) is 0 Å². The maximum Gasteiger partial charge on any atom is 0.334 e. The Kier molecular flexibility index (Phi) is 7.43. The zero-order valence-electron chi connectivity index (χ0n) is 10.4. The maximum atomic E-state index is 11.1. The van der Waals surface area contributed by atoms with Gasteiger partial charge in [0.1, 0.15) is 0 Å². The third-order valence-electron chi connectivity index (χ3n) is 2.35. The summed E-state index contributed by atoms with van der Waals surface area (Å²) in [5, 5.41) is 10.9. The van der Waals surface area contributed by atoms with Gasteiger partial charge in [-0.15, -0.1) is 0 Å². The number of amides is 1. The molecule has 0 fully saturated rings. The second-order valence-electron chi connectivity index (χ2n) is 3.61. The van der Waals surface area contributed by atoms with Gasteiger partial charge in [-0.2, -0.15) is 0 Å². The Morgan fingerprint density at radius 3 is 2.35 bits per heavy atom. The van der Waals surface area contributed by atoms with E-state index in [4.69, 9.17) is 14.0 Å². The average Bonchev–Trinajstić information content (AvgIpc) is 2.31. The number of carboxylic acids is 1. The normalized spacial score (nSPS) is 11.7. The van der Waals surface area contributed by atoms with Crippen LogP contribution < -0.4 is 5.32 Å². The highest BCUT2D eigenvalue weighted by Gasteiger charge is 2.27. The van der Waals surface area contributed by atoms with Crippen molar-refractivity contribution in [1.82, 2.24) is 5.32 Å². The number of carbonyl (C=O) groups is 2. The summed E-state index contributed by atoms with van der Waals surface area (Å²) < 4.78 is 10.6. The van der Waals surface area contributed by atoms with Crippen LogP contribution in [0.25, 0.3) is 0 Å². The molecule has 6 nitrogen and oxygen atoms in total. The highest BCUT2D eigenvalue weighted by atomic mass is 28.4. The molecular weight excluding hydrogens is 242 g/mol. The van der Waals surface area contributed by atoms with E-state index in [0.717, 1.165) is 24.6 Å². The summed E-state index contributed by atoms with van der Waals surface area (Å²) in [5.74, 6) is -1.55. The molecule has 0 unspecified atom stereocenters. The minimum atomic E-state index is -2.07. The minimum absolute atomic E-state index is 0.411. The number of hydrogen-bond donors (Lipinski definition) is 2. The van der Waals surface area contributed by atoms with Crippen LogP contribution >= 0.6 is 0 Å². The zero-order valence-corrected chi connectivity index (χ0v) is 11.4. The van der Waals surface area contributed by atoms with Gasteiger partial charge in [0.25, 0.3) is 0 Å². The first-order valence-corrected chi connectivity index (χ1v) is 7.75. The van der Waals surface area contributed by atoms with Gasteiger partial charge in [0, 0.05) is 32.9 Å². The molecule has 0 saturated heterocycles. The summed E-state index contributed by atoms with van der Waals surface area (Å²) in [7, 11) is 1.16. The van der Waals surface area contributed by atoms with Crippen LogP contribution in [-0.2, 0) is 18.4 Å². The molecule has 0 bridgehead atoms. The molecule has 0 radical (unpaired) electrons. The number of nitrogens with one attached hydrogen (secondary N) is 1. The van der Waals surface area contributed by atoms with Crippen LogP contribution in [0.1, 0.15) is 6.42 Å². The maximum absolute atomic E-state index is 11.1. The van der Waals surface area contributed by atoms with E-state index in [9.17, 15) is 9.59 Å². The van der Waals surface area contributed by atoms with Gasteiger partial charge in [-0.25, -0.2) is 4.79 Å². The van der Waals surface area contributed by atoms with Crippen LogP contribution in [0.5, 0.6) is 0 Å². The van der Waals surface area contributed by atoms with E-state index in [0.29, 0.717) is 6.54 Å². The predicted octanol–water partition coefficient (Wildman–Crippen LogP) is 0.498. The lowest BCUT2D eigenvalue weighted by Gasteiger charge is -2.22. The Morgan fingerprint density at radius 2 is 1.88 bits per heavy atom. The van der Waals surface area contributed by atoms with E-state index in [-0.39, 0.29) is 0 Å². The highest BCUT2D eigenvalue weighted by molar-refractivity contribution is 6.65. The fraction of sp³-hybridized carbons (Fsp3) is 0.600. The third kappa shape index (κ3) is 7.67. The third-order valence-corrected chi connectivity index (χ3v) is 5.34. The molecule has 0 heterocycles. The summed E-state index contributed by atoms with van der Waals surface area (Å²) in [6, 6.07) is 0.767. The first-order valence-electron chi connectivity index (χ1n) is 5.22. The van der Waals surface area contributed by atoms with Gasteiger partial charge in [-0.05, 0) is 19.0 Å². The molecule has 1 amide bonds. The topological polar surface area (TPSA) is 84.9 Å². The molecule has 0 aliphatic heterocycles. The molecule has 0 atom stereocenters. The van der Waals surface area contributed by atoms with Gasteiger partial charge in [0.2, 0.25) is 5.91 Å². The van der Waals surface area contributed by atoms with Gasteiger partial charge in [0.05, 0.1) is 0 Å². The van der Waals surface area contributed by atoms with E-state index < -0.39 is 20.4 Å². The van der Waals surface area contributed by atoms with Crippen molar-refractivity contribution >= 4 is 20.4 Å². The molecule has 0 aliphatic rings. The standard InChI is InChI=1S/C10H19NO5Si/c1-15-17(3,16-2)8-4-7-11-9(12)5-6-10(13)14/h5-6H,4,7-8H2,1-3H3,(H,11,12)(H,13,14)/b6-5+. The molecule has 0 aromatic carbocycles. The van der Waals surface area contributed by atoms with Crippen LogP contribution in [0.4, 0.5) is 0 Å². The number of carboxylic acid groups (broad SMARTS) is 1. The van der Waals surface area contributed by atoms with E-state index in [1.165, 1.54) is 0 Å². The van der Waals surface area contributed by atoms with Crippen molar-refractivity contribution < 1.29 is 23.5 Å². The van der Waals surface area contributed by atoms with E-state index in [2.05, 4.69) is 5.32 Å². The molecule has 0 rings (SSSR count). The van der Waals surface area contributed by atoms with Crippen LogP contribution in [0.15, 0.2) is 12.2 Å². The van der Waals surface area contributed by atoms with Crippen molar-refractivity contribution in [3.05, 3.63) is 12.2 Å². The summed E-state index contributed by atoms with van der Waals surface area (Å²) in [4.78, 5) is 21.2. The summed E-state index contributed by atoms with van der Waals surface area (Å²) in [5.41, 5.74) is 0. The zero-order chi connectivity index (χ0) is 13.3. The quantitative estimate of drug-likeness (QED) is 0.377. The number of hydrogen-bond acceptors (Lipinski definition) is 4. The molecule has 0 aliphatic carbocycles. The lowest BCUT2D eigenvalue weighted by atomic mass is 10.4. The van der Waals surface area contributed by atoms with Crippen molar-refractivity contribution in [2.24, 2.45) is 0 Å². The Labute approximate surface area is 102 Å². The van der Waals surface area contributed by atoms with Gasteiger partial charge >= 0.3 is 14.5 Å². The summed E-state index contributed by atoms with van der Waals surface area (Å²) >= 11 is 0. The monoisotopic (exact) mass is 261 g/mol. The molecule has 2 N–H and O–H groups in total. The first kappa shape index (κ1) is 15.8. The smallest absolute Gasteiger partial charge is 0.334 e. The second kappa shape index (κ2) is 7.99. The number of rotatable bonds is 8. The Morgan fingerprint density at radius 1 is 1.29 bits per heavy atom. The van der Waals surface area contributed by atoms with Gasteiger partial charge < -0.3 is 19.3 Å². The van der Waals surface area contributed by atoms with Crippen LogP contribution in [0, 0.1) is 0 Å². The van der Waals surface area contributed by atoms with Crippen LogP contribution in [-0.4, -0.2) is 46.3 Å². The molecule has 0 spiro atoms. The Bertz CT molecular complexity index is 288. The fourth-order valence-corrected chi connectivity index (χ4v) is 2.51. The van der Waals surface area contributed by atoms with E-state index in [1.54, 1.807) is 14.2 Å². The predicted molar refractivity (Wildman–Crippen MR) is 64.8 cm³/mol. The molecule has 17 heavy (non-hydrogen) atoms. The SMILES string of the molecule is CO[Si](C)(CCCNC(=O)/C=C/C(=O)O)OC. The summed E-state index contributed by atoms with van der Waals surface area (Å²) in [6.07, 6.45) is 2.53. The Balaban J connectivity index is 3.78. The molecule has 0 aromatic rings. The average molecular weight is 261 g/mol. The molecule has 7 heteroatoms. The van der Waals surface area contributed by atoms with Crippen molar-refractivity contribution in [2.75, 3.05) is 20.8 Å². The fourth-order valence-electron chi connectivity index (χ4n) is 1.11. The van der Waals surface area contributed by atoms with Gasteiger partial charge in [0.15, 0.2) is 0 Å². The van der Waals surface area contributed by atoms with Crippen molar-refractivity contribution in [3.8, 4) is 0 Å². The minimum Gasteiger partial charge on any atom is -0.478 e. The second-order valence-corrected chi connectivity index (χ2v) is 7.19. The van der Waals surface area contributed by atoms with Crippen molar-refractivity contribution in [1.29, 1.82) is 0 Å². The first-order chi connectivity index (χ1) is 7.93. The number of aliphatic carboxylic acids is 1. The Hall–Kier alpha value is -1.18. The molecular formula is C10H19NO5Si. The largest absolute Gasteiger partial charge is 0.478 e. The molecule has 98 valence electrons. The molecule has 0 aromatic heterocycles. The summed E-state index contributed by atoms with van der Waals surface area (Å²) in [6.45, 7) is 2.41. The van der Waals surface area contributed by atoms with Gasteiger partial charge in [-0.3, -0.25) is 4.79 Å². The highest BCUT2D eigenvalue weighted by Crippen LogP contribution is 2.12. The van der Waals surface area contributed by atoms with E-state index in [1.807, 2.05) is 6.55 Å². The van der Waals surface area contributed by atoms with Crippen molar-refractivity contribution in [2.45, 2.75) is 19.0 Å². The van der Waals surface area contributed by atoms with Gasteiger partial charge in [-0.1, -0.05) is 0 Å². The lowest BCUT2D eigenvalue weighted by molar-refractivity contribution is -0.131. The molecule has 0 saturated carbocycles. The van der Waals surface area contributed by atoms with E-state index >= 15 is 0 Å². The van der Waals surface area contributed by atoms with Crippen LogP contribution in [0.2, 0.25) is 12.6 Å². The van der Waals surface area contributed by atoms with Crippen molar-refractivity contribution in [3.63, 3.8) is 0 Å². The number of carbonyl (C=O) groups excluding carboxylic acids is 1.